The second-order valence-electron chi connectivity index (χ2n) is 2.63. The van der Waals surface area contributed by atoms with E-state index >= 15 is 0 Å². The highest BCUT2D eigenvalue weighted by Gasteiger charge is 2.32. The van der Waals surface area contributed by atoms with Crippen LogP contribution < -0.4 is 4.74 Å². The van der Waals surface area contributed by atoms with Gasteiger partial charge in [-0.25, -0.2) is 4.98 Å². The molecule has 1 rings (SSSR count). The van der Waals surface area contributed by atoms with E-state index in [-0.39, 0.29) is 12.5 Å². The molecule has 0 saturated heterocycles. The highest BCUT2D eigenvalue weighted by Crippen LogP contribution is 2.28. The first-order valence-corrected chi connectivity index (χ1v) is 4.28. The van der Waals surface area contributed by atoms with Crippen LogP contribution in [-0.4, -0.2) is 18.4 Å². The quantitative estimate of drug-likeness (QED) is 0.578. The van der Waals surface area contributed by atoms with E-state index in [9.17, 15) is 13.2 Å². The Hall–Kier alpha value is -1.30. The second-order valence-corrected chi connectivity index (χ2v) is 2.63. The summed E-state index contributed by atoms with van der Waals surface area (Å²) in [5, 5.41) is 0. The maximum Gasteiger partial charge on any atom is 0.433 e. The molecule has 0 atom stereocenters. The average Bonchev–Trinajstić information content (AvgIpc) is 2.18. The lowest BCUT2D eigenvalue weighted by molar-refractivity contribution is -0.141. The minimum absolute atomic E-state index is 0.00352. The van der Waals surface area contributed by atoms with Gasteiger partial charge in [-0.05, 0) is 19.1 Å². The lowest BCUT2D eigenvalue weighted by Gasteiger charge is -2.07. The van der Waals surface area contributed by atoms with Gasteiger partial charge in [-0.3, -0.25) is 0 Å². The van der Waals surface area contributed by atoms with Gasteiger partial charge in [0, 0.05) is 6.61 Å². The van der Waals surface area contributed by atoms with Gasteiger partial charge in [0.2, 0.25) is 0 Å². The van der Waals surface area contributed by atoms with Gasteiger partial charge in [0.1, 0.15) is 11.4 Å². The molecule has 0 N–H and O–H groups in total. The third kappa shape index (κ3) is 3.75. The van der Waals surface area contributed by atoms with Crippen LogP contribution in [0.25, 0.3) is 0 Å². The molecule has 0 aliphatic carbocycles. The summed E-state index contributed by atoms with van der Waals surface area (Å²) in [6.45, 7) is 2.27. The van der Waals surface area contributed by atoms with E-state index in [1.807, 2.05) is 0 Å². The van der Waals surface area contributed by atoms with Gasteiger partial charge in [0.25, 0.3) is 0 Å². The van der Waals surface area contributed by atoms with Crippen molar-refractivity contribution in [1.82, 2.24) is 4.98 Å². The Morgan fingerprint density at radius 2 is 2.07 bits per heavy atom. The zero-order valence-electron chi connectivity index (χ0n) is 8.04. The fraction of sp³-hybridized carbons (Fsp3) is 0.444. The van der Waals surface area contributed by atoms with E-state index < -0.39 is 11.9 Å². The molecule has 3 nitrogen and oxygen atoms in total. The van der Waals surface area contributed by atoms with Crippen LogP contribution in [0.5, 0.6) is 5.75 Å². The molecule has 1 aromatic rings. The number of nitrogens with zero attached hydrogens (tertiary/aromatic N) is 1. The van der Waals surface area contributed by atoms with Crippen molar-refractivity contribution in [2.75, 3.05) is 13.4 Å². The maximum absolute atomic E-state index is 12.1. The predicted octanol–water partition coefficient (Wildman–Crippen LogP) is 2.47. The molecule has 0 spiro atoms. The van der Waals surface area contributed by atoms with Gasteiger partial charge in [-0.15, -0.1) is 0 Å². The van der Waals surface area contributed by atoms with Crippen molar-refractivity contribution in [1.29, 1.82) is 0 Å². The topological polar surface area (TPSA) is 31.4 Å². The summed E-state index contributed by atoms with van der Waals surface area (Å²) >= 11 is 0. The van der Waals surface area contributed by atoms with Crippen LogP contribution in [-0.2, 0) is 10.9 Å². The molecule has 0 saturated carbocycles. The van der Waals surface area contributed by atoms with Crippen molar-refractivity contribution in [3.8, 4) is 5.75 Å². The van der Waals surface area contributed by atoms with E-state index in [1.54, 1.807) is 6.92 Å². The standard InChI is InChI=1S/C9H10F3NO2/c1-2-14-6-15-7-3-4-8(13-5-7)9(10,11)12/h3-5H,2,6H2,1H3. The predicted molar refractivity (Wildman–Crippen MR) is 46.4 cm³/mol. The SMILES string of the molecule is CCOCOc1ccc(C(F)(F)F)nc1. The number of rotatable bonds is 4. The molecule has 0 bridgehead atoms. The Bertz CT molecular complexity index is 297. The van der Waals surface area contributed by atoms with Gasteiger partial charge in [-0.2, -0.15) is 13.2 Å². The molecule has 1 aromatic heterocycles. The van der Waals surface area contributed by atoms with Gasteiger partial charge in [-0.1, -0.05) is 0 Å². The highest BCUT2D eigenvalue weighted by molar-refractivity contribution is 5.20. The van der Waals surface area contributed by atoms with Crippen LogP contribution in [0, 0.1) is 0 Å². The fourth-order valence-electron chi connectivity index (χ4n) is 0.826. The van der Waals surface area contributed by atoms with Crippen LogP contribution in [0.15, 0.2) is 18.3 Å². The van der Waals surface area contributed by atoms with Crippen molar-refractivity contribution in [3.63, 3.8) is 0 Å². The number of hydrogen-bond donors (Lipinski definition) is 0. The first kappa shape index (κ1) is 11.8. The summed E-state index contributed by atoms with van der Waals surface area (Å²) in [7, 11) is 0. The van der Waals surface area contributed by atoms with Gasteiger partial charge >= 0.3 is 6.18 Å². The summed E-state index contributed by atoms with van der Waals surface area (Å²) in [4.78, 5) is 3.22. The first-order valence-electron chi connectivity index (χ1n) is 4.28. The lowest BCUT2D eigenvalue weighted by atomic mass is 10.3. The summed E-state index contributed by atoms with van der Waals surface area (Å²) in [6.07, 6.45) is -3.40. The maximum atomic E-state index is 12.1. The molecule has 1 heterocycles. The van der Waals surface area contributed by atoms with Gasteiger partial charge in [0.05, 0.1) is 6.20 Å². The Labute approximate surface area is 84.8 Å². The van der Waals surface area contributed by atoms with Gasteiger partial charge < -0.3 is 9.47 Å². The Kier molecular flexibility index (Phi) is 3.90. The van der Waals surface area contributed by atoms with Crippen molar-refractivity contribution >= 4 is 0 Å². The molecule has 15 heavy (non-hydrogen) atoms. The Morgan fingerprint density at radius 3 is 2.53 bits per heavy atom. The first-order chi connectivity index (χ1) is 7.04. The number of halogens is 3. The molecule has 0 aliphatic rings. The van der Waals surface area contributed by atoms with Gasteiger partial charge in [0.15, 0.2) is 6.79 Å². The number of alkyl halides is 3. The van der Waals surface area contributed by atoms with E-state index in [0.717, 1.165) is 12.3 Å². The minimum Gasteiger partial charge on any atom is -0.466 e. The third-order valence-corrected chi connectivity index (χ3v) is 1.54. The van der Waals surface area contributed by atoms with Crippen molar-refractivity contribution in [2.24, 2.45) is 0 Å². The largest absolute Gasteiger partial charge is 0.466 e. The molecule has 0 amide bonds. The Morgan fingerprint density at radius 1 is 1.33 bits per heavy atom. The van der Waals surface area contributed by atoms with E-state index in [4.69, 9.17) is 9.47 Å². The zero-order chi connectivity index (χ0) is 11.3. The van der Waals surface area contributed by atoms with Crippen LogP contribution in [0.4, 0.5) is 13.2 Å². The highest BCUT2D eigenvalue weighted by atomic mass is 19.4. The third-order valence-electron chi connectivity index (χ3n) is 1.54. The average molecular weight is 221 g/mol. The van der Waals surface area contributed by atoms with Crippen molar-refractivity contribution < 1.29 is 22.6 Å². The molecule has 0 fully saturated rings. The minimum atomic E-state index is -4.42. The van der Waals surface area contributed by atoms with Crippen LogP contribution >= 0.6 is 0 Å². The molecule has 0 unspecified atom stereocenters. The molecule has 6 heteroatoms. The van der Waals surface area contributed by atoms with Crippen LogP contribution in [0.3, 0.4) is 0 Å². The zero-order valence-corrected chi connectivity index (χ0v) is 8.04. The number of aromatic nitrogens is 1. The monoisotopic (exact) mass is 221 g/mol. The summed E-state index contributed by atoms with van der Waals surface area (Å²) in [5.74, 6) is 0.247. The summed E-state index contributed by atoms with van der Waals surface area (Å²) < 4.78 is 46.1. The lowest BCUT2D eigenvalue weighted by Crippen LogP contribution is -2.08. The number of ether oxygens (including phenoxy) is 2. The number of pyridine rings is 1. The molecule has 0 radical (unpaired) electrons. The summed E-state index contributed by atoms with van der Waals surface area (Å²) in [6, 6.07) is 2.07. The second kappa shape index (κ2) is 4.97. The molecule has 0 aliphatic heterocycles. The molecular weight excluding hydrogens is 211 g/mol. The smallest absolute Gasteiger partial charge is 0.433 e. The van der Waals surface area contributed by atoms with E-state index in [0.29, 0.717) is 6.61 Å². The van der Waals surface area contributed by atoms with Crippen LogP contribution in [0.2, 0.25) is 0 Å². The van der Waals surface area contributed by atoms with Crippen LogP contribution in [0.1, 0.15) is 12.6 Å². The van der Waals surface area contributed by atoms with Crippen molar-refractivity contribution in [2.45, 2.75) is 13.1 Å². The Balaban J connectivity index is 2.57. The molecule has 0 aromatic carbocycles. The molecule has 84 valence electrons. The van der Waals surface area contributed by atoms with E-state index in [2.05, 4.69) is 4.98 Å². The van der Waals surface area contributed by atoms with E-state index in [1.165, 1.54) is 6.07 Å². The number of hydrogen-bond acceptors (Lipinski definition) is 3. The fourth-order valence-corrected chi connectivity index (χ4v) is 0.826. The molecular formula is C9H10F3NO2. The normalized spacial score (nSPS) is 11.5. The summed E-state index contributed by atoms with van der Waals surface area (Å²) in [5.41, 5.74) is -0.939. The van der Waals surface area contributed by atoms with Crippen molar-refractivity contribution in [3.05, 3.63) is 24.0 Å².